The fraction of sp³-hybridized carbons (Fsp3) is 0.400. The second-order valence-electron chi connectivity index (χ2n) is 8.40. The number of carbonyl (C=O) groups is 3. The van der Waals surface area contributed by atoms with Crippen LogP contribution in [0.1, 0.15) is 30.0 Å². The number of methoxy groups -OCH3 is 1. The summed E-state index contributed by atoms with van der Waals surface area (Å²) in [7, 11) is 1.22. The first-order valence-corrected chi connectivity index (χ1v) is 11.6. The van der Waals surface area contributed by atoms with Crippen LogP contribution in [0.4, 0.5) is 10.5 Å². The molecular formula is C25H35N7O4. The molecular weight excluding hydrogens is 462 g/mol. The lowest BCUT2D eigenvalue weighted by molar-refractivity contribution is -0.146. The normalized spacial score (nSPS) is 13.8. The van der Waals surface area contributed by atoms with Crippen molar-refractivity contribution in [1.82, 2.24) is 16.0 Å². The minimum atomic E-state index is -1.09. The number of nitrogens with one attached hydrogen (secondary N) is 3. The van der Waals surface area contributed by atoms with Gasteiger partial charge in [-0.1, -0.05) is 54.5 Å². The van der Waals surface area contributed by atoms with Crippen molar-refractivity contribution in [2.45, 2.75) is 58.0 Å². The van der Waals surface area contributed by atoms with Crippen LogP contribution in [0, 0.1) is 13.8 Å². The highest BCUT2D eigenvalue weighted by molar-refractivity contribution is 5.91. The molecule has 2 aromatic rings. The molecule has 2 rings (SSSR count). The van der Waals surface area contributed by atoms with E-state index >= 15 is 0 Å². The number of esters is 1. The summed E-state index contributed by atoms with van der Waals surface area (Å²) >= 11 is 0. The van der Waals surface area contributed by atoms with E-state index < -0.39 is 42.3 Å². The minimum Gasteiger partial charge on any atom is -0.467 e. The number of urea groups is 1. The standard InChI is InChI=1S/C25H35N7O4/c1-5-18(28-24(26)27)21(23(34)36-4)30-22(33)20(14-17-9-7-6-8-10-17)29-25(35)32-31-19-13-15(2)11-12-16(19)3/h6-13,18,20-21,24,28H,5,14,26-27H2,1-4H3,(H,29,35)(H,30,33). The van der Waals surface area contributed by atoms with Crippen molar-refractivity contribution in [2.24, 2.45) is 21.7 Å². The maximum absolute atomic E-state index is 13.3. The quantitative estimate of drug-likeness (QED) is 0.179. The van der Waals surface area contributed by atoms with Crippen molar-refractivity contribution in [1.29, 1.82) is 0 Å². The van der Waals surface area contributed by atoms with Gasteiger partial charge in [0.05, 0.1) is 12.8 Å². The molecule has 0 fully saturated rings. The van der Waals surface area contributed by atoms with Gasteiger partial charge in [0.15, 0.2) is 0 Å². The van der Waals surface area contributed by atoms with Gasteiger partial charge < -0.3 is 26.8 Å². The number of benzene rings is 2. The van der Waals surface area contributed by atoms with E-state index in [1.54, 1.807) is 13.0 Å². The third-order valence-corrected chi connectivity index (χ3v) is 5.51. The molecule has 0 aromatic heterocycles. The SMILES string of the molecule is CCC(NC(N)N)C(NC(=O)C(Cc1ccccc1)NC(=O)N=Nc1cc(C)ccc1C)C(=O)OC. The zero-order valence-electron chi connectivity index (χ0n) is 21.0. The molecule has 3 amide bonds. The number of aryl methyl sites for hydroxylation is 2. The lowest BCUT2D eigenvalue weighted by Crippen LogP contribution is -2.62. The maximum atomic E-state index is 13.3. The summed E-state index contributed by atoms with van der Waals surface area (Å²) in [6, 6.07) is 11.2. The molecule has 0 aliphatic carbocycles. The van der Waals surface area contributed by atoms with E-state index in [1.165, 1.54) is 7.11 Å². The van der Waals surface area contributed by atoms with Crippen molar-refractivity contribution >= 4 is 23.6 Å². The second-order valence-corrected chi connectivity index (χ2v) is 8.40. The van der Waals surface area contributed by atoms with Gasteiger partial charge in [-0.15, -0.1) is 5.11 Å². The summed E-state index contributed by atoms with van der Waals surface area (Å²) in [6.45, 7) is 5.57. The third-order valence-electron chi connectivity index (χ3n) is 5.51. The van der Waals surface area contributed by atoms with Gasteiger partial charge in [0.2, 0.25) is 5.91 Å². The first-order valence-electron chi connectivity index (χ1n) is 11.6. The number of rotatable bonds is 11. The van der Waals surface area contributed by atoms with Crippen molar-refractivity contribution in [2.75, 3.05) is 7.11 Å². The number of ether oxygens (including phenoxy) is 1. The van der Waals surface area contributed by atoms with Crippen LogP contribution in [-0.2, 0) is 20.7 Å². The smallest absolute Gasteiger partial charge is 0.360 e. The van der Waals surface area contributed by atoms with E-state index in [-0.39, 0.29) is 6.42 Å². The first kappa shape index (κ1) is 28.6. The molecule has 11 nitrogen and oxygen atoms in total. The zero-order chi connectivity index (χ0) is 26.7. The molecule has 0 aliphatic heterocycles. The highest BCUT2D eigenvalue weighted by Gasteiger charge is 2.33. The molecule has 0 heterocycles. The lowest BCUT2D eigenvalue weighted by atomic mass is 10.0. The molecule has 0 radical (unpaired) electrons. The molecule has 11 heteroatoms. The predicted molar refractivity (Wildman–Crippen MR) is 136 cm³/mol. The van der Waals surface area contributed by atoms with E-state index in [4.69, 9.17) is 16.2 Å². The van der Waals surface area contributed by atoms with Gasteiger partial charge >= 0.3 is 12.0 Å². The Bertz CT molecular complexity index is 1060. The number of nitrogens with zero attached hydrogens (tertiary/aromatic N) is 2. The molecule has 0 saturated heterocycles. The van der Waals surface area contributed by atoms with Crippen LogP contribution >= 0.6 is 0 Å². The first-order chi connectivity index (χ1) is 17.1. The Morgan fingerprint density at radius 1 is 1.03 bits per heavy atom. The zero-order valence-corrected chi connectivity index (χ0v) is 21.0. The maximum Gasteiger partial charge on any atom is 0.360 e. The van der Waals surface area contributed by atoms with Crippen LogP contribution in [0.2, 0.25) is 0 Å². The topological polar surface area (TPSA) is 173 Å². The van der Waals surface area contributed by atoms with Gasteiger partial charge in [-0.3, -0.25) is 10.1 Å². The summed E-state index contributed by atoms with van der Waals surface area (Å²) < 4.78 is 4.87. The van der Waals surface area contributed by atoms with Crippen molar-refractivity contribution in [3.63, 3.8) is 0 Å². The molecule has 0 bridgehead atoms. The molecule has 0 aliphatic rings. The van der Waals surface area contributed by atoms with Crippen LogP contribution in [0.3, 0.4) is 0 Å². The van der Waals surface area contributed by atoms with Gasteiger partial charge in [0.1, 0.15) is 18.4 Å². The average Bonchev–Trinajstić information content (AvgIpc) is 2.86. The third kappa shape index (κ3) is 8.84. The molecule has 0 spiro atoms. The Morgan fingerprint density at radius 2 is 1.72 bits per heavy atom. The summed E-state index contributed by atoms with van der Waals surface area (Å²) in [4.78, 5) is 38.4. The monoisotopic (exact) mass is 497 g/mol. The van der Waals surface area contributed by atoms with Crippen molar-refractivity contribution in [3.05, 3.63) is 65.2 Å². The van der Waals surface area contributed by atoms with E-state index in [2.05, 4.69) is 26.2 Å². The van der Waals surface area contributed by atoms with Gasteiger partial charge in [0.25, 0.3) is 0 Å². The van der Waals surface area contributed by atoms with Gasteiger partial charge in [-0.25, -0.2) is 9.59 Å². The van der Waals surface area contributed by atoms with Crippen LogP contribution in [0.15, 0.2) is 58.8 Å². The molecule has 194 valence electrons. The minimum absolute atomic E-state index is 0.159. The van der Waals surface area contributed by atoms with Crippen LogP contribution in [-0.4, -0.2) is 49.4 Å². The van der Waals surface area contributed by atoms with Gasteiger partial charge in [-0.05, 0) is 43.0 Å². The molecule has 7 N–H and O–H groups in total. The summed E-state index contributed by atoms with van der Waals surface area (Å²) in [5.41, 5.74) is 14.4. The van der Waals surface area contributed by atoms with E-state index in [0.717, 1.165) is 16.7 Å². The second kappa shape index (κ2) is 14.0. The molecule has 3 atom stereocenters. The number of carbonyl (C=O) groups excluding carboxylic acids is 3. The predicted octanol–water partition coefficient (Wildman–Crippen LogP) is 1.94. The van der Waals surface area contributed by atoms with Crippen molar-refractivity contribution in [3.8, 4) is 0 Å². The largest absolute Gasteiger partial charge is 0.467 e. The molecule has 2 aromatic carbocycles. The Morgan fingerprint density at radius 3 is 2.33 bits per heavy atom. The highest BCUT2D eigenvalue weighted by Crippen LogP contribution is 2.20. The van der Waals surface area contributed by atoms with Crippen molar-refractivity contribution < 1.29 is 19.1 Å². The average molecular weight is 498 g/mol. The number of hydrogen-bond donors (Lipinski definition) is 5. The van der Waals surface area contributed by atoms with Crippen LogP contribution in [0.5, 0.6) is 0 Å². The van der Waals surface area contributed by atoms with E-state index in [1.807, 2.05) is 56.3 Å². The number of nitrogens with two attached hydrogens (primary N) is 2. The van der Waals surface area contributed by atoms with E-state index in [9.17, 15) is 14.4 Å². The Labute approximate surface area is 211 Å². The van der Waals surface area contributed by atoms with Crippen LogP contribution < -0.4 is 27.4 Å². The number of azo groups is 1. The Kier molecular flexibility index (Phi) is 11.1. The van der Waals surface area contributed by atoms with Crippen LogP contribution in [0.25, 0.3) is 0 Å². The highest BCUT2D eigenvalue weighted by atomic mass is 16.5. The summed E-state index contributed by atoms with van der Waals surface area (Å²) in [6.07, 6.45) is -0.333. The Balaban J connectivity index is 2.25. The summed E-state index contributed by atoms with van der Waals surface area (Å²) in [5.74, 6) is -1.28. The Hall–Kier alpha value is -3.67. The molecule has 0 saturated carbocycles. The number of hydrogen-bond acceptors (Lipinski definition) is 8. The fourth-order valence-electron chi connectivity index (χ4n) is 3.57. The lowest BCUT2D eigenvalue weighted by Gasteiger charge is -2.29. The summed E-state index contributed by atoms with van der Waals surface area (Å²) in [5, 5.41) is 15.9. The molecule has 3 unspecified atom stereocenters. The molecule has 36 heavy (non-hydrogen) atoms. The van der Waals surface area contributed by atoms with Gasteiger partial charge in [0, 0.05) is 12.5 Å². The van der Waals surface area contributed by atoms with Gasteiger partial charge in [-0.2, -0.15) is 0 Å². The number of amides is 3. The fourth-order valence-corrected chi connectivity index (χ4v) is 3.57. The van der Waals surface area contributed by atoms with E-state index in [0.29, 0.717) is 12.1 Å².